The fourth-order valence-electron chi connectivity index (χ4n) is 5.16. The normalized spacial score (nSPS) is 15.9. The Balaban J connectivity index is 1.28. The number of amides is 4. The zero-order valence-electron chi connectivity index (χ0n) is 23.3. The number of ether oxygens (including phenoxy) is 1. The lowest BCUT2D eigenvalue weighted by Crippen LogP contribution is -2.51. The minimum atomic E-state index is -0.301. The number of carbonyl (C=O) groups excluding carboxylic acids is 3. The molecular weight excluding hydrogens is 495 g/mol. The van der Waals surface area contributed by atoms with Crippen LogP contribution in [0, 0.1) is 0 Å². The molecule has 0 spiro atoms. The molecule has 39 heavy (non-hydrogen) atoms. The first-order chi connectivity index (χ1) is 18.7. The Kier molecular flexibility index (Phi) is 9.01. The summed E-state index contributed by atoms with van der Waals surface area (Å²) in [6, 6.07) is 9.44. The highest BCUT2D eigenvalue weighted by Gasteiger charge is 2.31. The Morgan fingerprint density at radius 2 is 1.92 bits per heavy atom. The Labute approximate surface area is 231 Å². The summed E-state index contributed by atoms with van der Waals surface area (Å²) in [5, 5.41) is 9.11. The number of anilines is 2. The molecule has 2 heterocycles. The second-order valence-electron chi connectivity index (χ2n) is 10.6. The van der Waals surface area contributed by atoms with Crippen LogP contribution in [0.3, 0.4) is 0 Å². The molecular formula is C28H39BN6O4. The summed E-state index contributed by atoms with van der Waals surface area (Å²) < 4.78 is 5.32. The lowest BCUT2D eigenvalue weighted by molar-refractivity contribution is -0.131. The van der Waals surface area contributed by atoms with Crippen LogP contribution in [-0.2, 0) is 17.8 Å². The average molecular weight is 534 g/mol. The number of nitrogens with one attached hydrogen (secondary N) is 3. The van der Waals surface area contributed by atoms with E-state index in [4.69, 9.17) is 10.5 Å². The highest BCUT2D eigenvalue weighted by molar-refractivity contribution is 6.36. The third-order valence-corrected chi connectivity index (χ3v) is 7.53. The fraction of sp³-hybridized carbons (Fsp3) is 0.464. The number of methoxy groups -OCH3 is 1. The zero-order chi connectivity index (χ0) is 28.1. The number of hydrogen-bond donors (Lipinski definition) is 4. The summed E-state index contributed by atoms with van der Waals surface area (Å²) >= 11 is 0. The lowest BCUT2D eigenvalue weighted by Gasteiger charge is -2.38. The molecule has 1 fully saturated rings. The molecule has 10 nitrogen and oxygen atoms in total. The van der Waals surface area contributed by atoms with Gasteiger partial charge in [0.15, 0.2) is 0 Å². The molecule has 0 unspecified atom stereocenters. The van der Waals surface area contributed by atoms with E-state index < -0.39 is 0 Å². The minimum absolute atomic E-state index is 0.0514. The van der Waals surface area contributed by atoms with E-state index in [0.717, 1.165) is 34.4 Å². The predicted molar refractivity (Wildman–Crippen MR) is 155 cm³/mol. The summed E-state index contributed by atoms with van der Waals surface area (Å²) in [5.41, 5.74) is 10.9. The molecule has 2 aromatic rings. The number of nitrogens with two attached hydrogens (primary N) is 1. The number of carbonyl (C=O) groups is 3. The molecule has 0 aliphatic carbocycles. The van der Waals surface area contributed by atoms with E-state index in [-0.39, 0.29) is 36.5 Å². The van der Waals surface area contributed by atoms with E-state index in [1.54, 1.807) is 24.1 Å². The van der Waals surface area contributed by atoms with Gasteiger partial charge in [-0.2, -0.15) is 0 Å². The van der Waals surface area contributed by atoms with Gasteiger partial charge in [0.2, 0.25) is 5.91 Å². The third kappa shape index (κ3) is 6.83. The maximum Gasteiger partial charge on any atom is 0.322 e. The van der Waals surface area contributed by atoms with Crippen molar-refractivity contribution < 1.29 is 19.1 Å². The quantitative estimate of drug-likeness (QED) is 0.294. The van der Waals surface area contributed by atoms with E-state index in [9.17, 15) is 14.4 Å². The average Bonchev–Trinajstić information content (AvgIpc) is 3.09. The Morgan fingerprint density at radius 1 is 1.18 bits per heavy atom. The van der Waals surface area contributed by atoms with Crippen molar-refractivity contribution in [2.75, 3.05) is 44.3 Å². The summed E-state index contributed by atoms with van der Waals surface area (Å²) in [5.74, 6) is 0.338. The molecule has 2 aliphatic heterocycles. The molecule has 2 aliphatic rings. The number of rotatable bonds is 8. The van der Waals surface area contributed by atoms with Crippen LogP contribution in [-0.4, -0.2) is 80.9 Å². The van der Waals surface area contributed by atoms with Crippen molar-refractivity contribution in [3.63, 3.8) is 0 Å². The molecule has 0 atom stereocenters. The van der Waals surface area contributed by atoms with Crippen LogP contribution in [0.2, 0.25) is 0 Å². The maximum absolute atomic E-state index is 12.9. The Hall–Kier alpha value is -3.73. The van der Waals surface area contributed by atoms with Gasteiger partial charge in [0.05, 0.1) is 13.7 Å². The van der Waals surface area contributed by atoms with Crippen molar-refractivity contribution in [1.82, 2.24) is 20.4 Å². The molecule has 11 heteroatoms. The van der Waals surface area contributed by atoms with Crippen LogP contribution in [0.1, 0.15) is 48.2 Å². The van der Waals surface area contributed by atoms with Crippen LogP contribution < -0.4 is 31.9 Å². The second-order valence-corrected chi connectivity index (χ2v) is 10.6. The minimum Gasteiger partial charge on any atom is -0.497 e. The van der Waals surface area contributed by atoms with Gasteiger partial charge in [-0.05, 0) is 54.7 Å². The zero-order valence-corrected chi connectivity index (χ0v) is 23.3. The monoisotopic (exact) mass is 534 g/mol. The molecule has 4 amide bonds. The smallest absolute Gasteiger partial charge is 0.322 e. The number of fused-ring (bicyclic) bond motifs is 1. The standard InChI is InChI=1S/C28H39BN6O4/c1-17(2)31-15-20-12-19(14-23(29)26(20)30)27(37)32-16-25(36)34-9-7-21(8-10-34)35-11-6-18-13-22(39-3)4-5-24(18)33-28(35)38/h4-5,12-14,17,21,31H,6-11,15-16,29-30H2,1-3H3,(H,32,37)(H,33,38). The highest BCUT2D eigenvalue weighted by atomic mass is 16.5. The number of benzene rings is 2. The number of likely N-dealkylation sites (tertiary alicyclic amines) is 1. The van der Waals surface area contributed by atoms with Gasteiger partial charge in [-0.25, -0.2) is 4.79 Å². The van der Waals surface area contributed by atoms with Gasteiger partial charge in [-0.15, -0.1) is 0 Å². The van der Waals surface area contributed by atoms with Crippen molar-refractivity contribution >= 4 is 42.5 Å². The molecule has 4 rings (SSSR count). The van der Waals surface area contributed by atoms with Gasteiger partial charge in [-0.1, -0.05) is 25.4 Å². The van der Waals surface area contributed by atoms with Gasteiger partial charge in [0, 0.05) is 55.2 Å². The molecule has 5 N–H and O–H groups in total. The van der Waals surface area contributed by atoms with Crippen molar-refractivity contribution in [1.29, 1.82) is 0 Å². The Morgan fingerprint density at radius 3 is 2.62 bits per heavy atom. The Bertz CT molecular complexity index is 1230. The topological polar surface area (TPSA) is 129 Å². The van der Waals surface area contributed by atoms with Gasteiger partial charge >= 0.3 is 6.03 Å². The van der Waals surface area contributed by atoms with Gasteiger partial charge < -0.3 is 36.2 Å². The molecule has 2 aromatic carbocycles. The first kappa shape index (κ1) is 28.3. The first-order valence-electron chi connectivity index (χ1n) is 13.6. The number of urea groups is 1. The van der Waals surface area contributed by atoms with Crippen molar-refractivity contribution in [3.8, 4) is 5.75 Å². The molecule has 0 aromatic heterocycles. The summed E-state index contributed by atoms with van der Waals surface area (Å²) in [6.45, 7) is 6.27. The van der Waals surface area contributed by atoms with Crippen molar-refractivity contribution in [2.45, 2.75) is 51.7 Å². The van der Waals surface area contributed by atoms with E-state index in [1.165, 1.54) is 0 Å². The third-order valence-electron chi connectivity index (χ3n) is 7.53. The van der Waals surface area contributed by atoms with Crippen molar-refractivity contribution in [2.24, 2.45) is 0 Å². The van der Waals surface area contributed by atoms with Gasteiger partial charge in [-0.3, -0.25) is 9.59 Å². The SMILES string of the molecule is Bc1cc(C(=O)NCC(=O)N2CCC(N3CCc4cc(OC)ccc4NC3=O)CC2)cc(CNC(C)C)c1N. The van der Waals surface area contributed by atoms with Crippen LogP contribution in [0.25, 0.3) is 0 Å². The van der Waals surface area contributed by atoms with E-state index >= 15 is 0 Å². The van der Waals surface area contributed by atoms with E-state index in [1.807, 2.05) is 44.8 Å². The number of nitrogen functional groups attached to an aromatic ring is 1. The summed E-state index contributed by atoms with van der Waals surface area (Å²) in [7, 11) is 3.51. The number of hydrogen-bond acceptors (Lipinski definition) is 6. The largest absolute Gasteiger partial charge is 0.497 e. The molecule has 0 saturated carbocycles. The molecule has 0 bridgehead atoms. The highest BCUT2D eigenvalue weighted by Crippen LogP contribution is 2.27. The van der Waals surface area contributed by atoms with Crippen molar-refractivity contribution in [3.05, 3.63) is 47.0 Å². The molecule has 1 saturated heterocycles. The molecule has 0 radical (unpaired) electrons. The number of nitrogens with zero attached hydrogens (tertiary/aromatic N) is 2. The predicted octanol–water partition coefficient (Wildman–Crippen LogP) is 0.845. The fourth-order valence-corrected chi connectivity index (χ4v) is 5.16. The first-order valence-corrected chi connectivity index (χ1v) is 13.6. The van der Waals surface area contributed by atoms with Gasteiger partial charge in [0.1, 0.15) is 13.6 Å². The van der Waals surface area contributed by atoms with E-state index in [2.05, 4.69) is 16.0 Å². The van der Waals surface area contributed by atoms with Crippen LogP contribution in [0.4, 0.5) is 16.2 Å². The van der Waals surface area contributed by atoms with Crippen LogP contribution >= 0.6 is 0 Å². The van der Waals surface area contributed by atoms with Crippen LogP contribution in [0.15, 0.2) is 30.3 Å². The van der Waals surface area contributed by atoms with Gasteiger partial charge in [0.25, 0.3) is 5.91 Å². The summed E-state index contributed by atoms with van der Waals surface area (Å²) in [4.78, 5) is 42.3. The molecule has 208 valence electrons. The second kappa shape index (κ2) is 12.4. The number of piperidine rings is 1. The van der Waals surface area contributed by atoms with Crippen LogP contribution in [0.5, 0.6) is 5.75 Å². The summed E-state index contributed by atoms with van der Waals surface area (Å²) in [6.07, 6.45) is 2.11. The maximum atomic E-state index is 12.9. The van der Waals surface area contributed by atoms with E-state index in [0.29, 0.717) is 50.3 Å². The lowest BCUT2D eigenvalue weighted by atomic mass is 9.89.